The highest BCUT2D eigenvalue weighted by molar-refractivity contribution is 8.00. The van der Waals surface area contributed by atoms with Gasteiger partial charge in [-0.2, -0.15) is 0 Å². The number of anilines is 2. The fourth-order valence-corrected chi connectivity index (χ4v) is 4.24. The molecule has 7 nitrogen and oxygen atoms in total. The summed E-state index contributed by atoms with van der Waals surface area (Å²) in [5.74, 6) is 1.09. The summed E-state index contributed by atoms with van der Waals surface area (Å²) in [5, 5.41) is 5.96. The molecule has 0 bridgehead atoms. The summed E-state index contributed by atoms with van der Waals surface area (Å²) in [6, 6.07) is 15.7. The van der Waals surface area contributed by atoms with Gasteiger partial charge in [0.15, 0.2) is 11.5 Å². The largest absolute Gasteiger partial charge is 0.495 e. The summed E-state index contributed by atoms with van der Waals surface area (Å²) in [5.41, 5.74) is 2.49. The van der Waals surface area contributed by atoms with Gasteiger partial charge in [-0.15, -0.1) is 11.8 Å². The molecule has 2 N–H and O–H groups in total. The van der Waals surface area contributed by atoms with Gasteiger partial charge in [-0.05, 0) is 67.9 Å². The van der Waals surface area contributed by atoms with E-state index in [4.69, 9.17) is 25.8 Å². The maximum Gasteiger partial charge on any atom is 0.255 e. The van der Waals surface area contributed by atoms with E-state index in [0.717, 1.165) is 10.5 Å². The van der Waals surface area contributed by atoms with Crippen molar-refractivity contribution in [3.63, 3.8) is 0 Å². The Labute approximate surface area is 214 Å². The van der Waals surface area contributed by atoms with E-state index in [-0.39, 0.29) is 17.1 Å². The maximum atomic E-state index is 12.8. The second kappa shape index (κ2) is 11.9. The van der Waals surface area contributed by atoms with Crippen molar-refractivity contribution in [1.82, 2.24) is 0 Å². The van der Waals surface area contributed by atoms with E-state index in [1.807, 2.05) is 26.0 Å². The van der Waals surface area contributed by atoms with E-state index >= 15 is 0 Å². The van der Waals surface area contributed by atoms with Crippen molar-refractivity contribution in [2.45, 2.75) is 24.0 Å². The summed E-state index contributed by atoms with van der Waals surface area (Å²) in [4.78, 5) is 26.3. The van der Waals surface area contributed by atoms with Gasteiger partial charge in [0.1, 0.15) is 5.75 Å². The molecule has 0 heterocycles. The van der Waals surface area contributed by atoms with Gasteiger partial charge in [0, 0.05) is 27.2 Å². The molecule has 1 atom stereocenters. The number of hydrogen-bond donors (Lipinski definition) is 2. The highest BCUT2D eigenvalue weighted by Crippen LogP contribution is 2.32. The molecule has 1 unspecified atom stereocenters. The first-order valence-electron chi connectivity index (χ1n) is 10.7. The summed E-state index contributed by atoms with van der Waals surface area (Å²) < 4.78 is 15.8. The minimum Gasteiger partial charge on any atom is -0.495 e. The molecule has 184 valence electrons. The monoisotopic (exact) mass is 514 g/mol. The van der Waals surface area contributed by atoms with Gasteiger partial charge in [0.2, 0.25) is 5.91 Å². The highest BCUT2D eigenvalue weighted by atomic mass is 35.5. The molecule has 0 fully saturated rings. The van der Waals surface area contributed by atoms with E-state index in [9.17, 15) is 9.59 Å². The highest BCUT2D eigenvalue weighted by Gasteiger charge is 2.18. The summed E-state index contributed by atoms with van der Waals surface area (Å²) in [6.07, 6.45) is 0. The van der Waals surface area contributed by atoms with Crippen LogP contribution in [0.4, 0.5) is 11.4 Å². The van der Waals surface area contributed by atoms with Gasteiger partial charge >= 0.3 is 0 Å². The normalized spacial score (nSPS) is 11.4. The van der Waals surface area contributed by atoms with Crippen LogP contribution < -0.4 is 24.8 Å². The number of carbonyl (C=O) groups is 2. The summed E-state index contributed by atoms with van der Waals surface area (Å²) in [7, 11) is 4.58. The number of thioether (sulfide) groups is 1. The standard InChI is InChI=1S/C26H27ClN2O5S/c1-15-12-21(23(33-4)14-20(15)27)29-25(30)16(2)35-19-9-7-18(8-10-19)28-26(31)17-6-11-22(32-3)24(13-17)34-5/h6-14,16H,1-5H3,(H,28,31)(H,29,30). The van der Waals surface area contributed by atoms with E-state index in [1.54, 1.807) is 42.5 Å². The Balaban J connectivity index is 1.61. The lowest BCUT2D eigenvalue weighted by Gasteiger charge is -2.15. The first-order chi connectivity index (χ1) is 16.7. The fraction of sp³-hybridized carbons (Fsp3) is 0.231. The molecule has 0 saturated heterocycles. The van der Waals surface area contributed by atoms with Crippen molar-refractivity contribution >= 4 is 46.6 Å². The molecule has 0 aromatic heterocycles. The number of halogens is 1. The molecule has 0 radical (unpaired) electrons. The number of carbonyl (C=O) groups excluding carboxylic acids is 2. The van der Waals surface area contributed by atoms with Crippen LogP contribution in [0, 0.1) is 6.92 Å². The third-order valence-corrected chi connectivity index (χ3v) is 6.70. The van der Waals surface area contributed by atoms with E-state index in [0.29, 0.717) is 39.2 Å². The Hall–Kier alpha value is -3.36. The number of amides is 2. The minimum absolute atomic E-state index is 0.166. The van der Waals surface area contributed by atoms with E-state index in [1.165, 1.54) is 33.1 Å². The average molecular weight is 515 g/mol. The third-order valence-electron chi connectivity index (χ3n) is 5.18. The molecular formula is C26H27ClN2O5S. The Kier molecular flexibility index (Phi) is 8.89. The van der Waals surface area contributed by atoms with Crippen molar-refractivity contribution in [2.75, 3.05) is 32.0 Å². The molecular weight excluding hydrogens is 488 g/mol. The van der Waals surface area contributed by atoms with Crippen molar-refractivity contribution in [2.24, 2.45) is 0 Å². The molecule has 2 amide bonds. The zero-order valence-corrected chi connectivity index (χ0v) is 21.7. The lowest BCUT2D eigenvalue weighted by atomic mass is 10.2. The second-order valence-corrected chi connectivity index (χ2v) is 9.42. The first-order valence-corrected chi connectivity index (χ1v) is 12.0. The summed E-state index contributed by atoms with van der Waals surface area (Å²) in [6.45, 7) is 3.68. The second-order valence-electron chi connectivity index (χ2n) is 7.60. The number of nitrogens with one attached hydrogen (secondary N) is 2. The van der Waals surface area contributed by atoms with Crippen molar-refractivity contribution in [3.05, 3.63) is 70.7 Å². The lowest BCUT2D eigenvalue weighted by molar-refractivity contribution is -0.115. The number of hydrogen-bond acceptors (Lipinski definition) is 6. The smallest absolute Gasteiger partial charge is 0.255 e. The van der Waals surface area contributed by atoms with Crippen LogP contribution in [0.5, 0.6) is 17.2 Å². The number of benzene rings is 3. The Morgan fingerprint density at radius 2 is 1.51 bits per heavy atom. The predicted octanol–water partition coefficient (Wildman–Crippen LogP) is 6.05. The molecule has 0 spiro atoms. The average Bonchev–Trinajstić information content (AvgIpc) is 2.86. The van der Waals surface area contributed by atoms with Crippen LogP contribution in [0.1, 0.15) is 22.8 Å². The van der Waals surface area contributed by atoms with Gasteiger partial charge in [-0.25, -0.2) is 0 Å². The molecule has 3 aromatic rings. The fourth-order valence-electron chi connectivity index (χ4n) is 3.22. The van der Waals surface area contributed by atoms with Crippen molar-refractivity contribution in [1.29, 1.82) is 0 Å². The van der Waals surface area contributed by atoms with E-state index < -0.39 is 0 Å². The van der Waals surface area contributed by atoms with Gasteiger partial charge in [0.25, 0.3) is 5.91 Å². The third kappa shape index (κ3) is 6.61. The molecule has 0 aliphatic heterocycles. The SMILES string of the molecule is COc1cc(Cl)c(C)cc1NC(=O)C(C)Sc1ccc(NC(=O)c2ccc(OC)c(OC)c2)cc1. The maximum absolute atomic E-state index is 12.8. The van der Waals surface area contributed by atoms with Crippen molar-refractivity contribution in [3.8, 4) is 17.2 Å². The van der Waals surface area contributed by atoms with Crippen LogP contribution in [0.3, 0.4) is 0 Å². The van der Waals surface area contributed by atoms with Crippen LogP contribution in [0.15, 0.2) is 59.5 Å². The number of aryl methyl sites for hydroxylation is 1. The lowest BCUT2D eigenvalue weighted by Crippen LogP contribution is -2.22. The first kappa shape index (κ1) is 26.2. The zero-order chi connectivity index (χ0) is 25.5. The molecule has 0 aliphatic rings. The Morgan fingerprint density at radius 3 is 2.14 bits per heavy atom. The van der Waals surface area contributed by atoms with Gasteiger partial charge in [-0.3, -0.25) is 9.59 Å². The van der Waals surface area contributed by atoms with Gasteiger partial charge in [0.05, 0.1) is 32.3 Å². The van der Waals surface area contributed by atoms with E-state index in [2.05, 4.69) is 10.6 Å². The van der Waals surface area contributed by atoms with Crippen LogP contribution >= 0.6 is 23.4 Å². The molecule has 3 aromatic carbocycles. The van der Waals surface area contributed by atoms with Gasteiger partial charge in [-0.1, -0.05) is 11.6 Å². The number of methoxy groups -OCH3 is 3. The number of ether oxygens (including phenoxy) is 3. The summed E-state index contributed by atoms with van der Waals surface area (Å²) >= 11 is 7.54. The van der Waals surface area contributed by atoms with Gasteiger partial charge < -0.3 is 24.8 Å². The molecule has 35 heavy (non-hydrogen) atoms. The van der Waals surface area contributed by atoms with Crippen molar-refractivity contribution < 1.29 is 23.8 Å². The Morgan fingerprint density at radius 1 is 0.857 bits per heavy atom. The quantitative estimate of drug-likeness (QED) is 0.338. The zero-order valence-electron chi connectivity index (χ0n) is 20.1. The molecule has 9 heteroatoms. The Bertz CT molecular complexity index is 1220. The van der Waals surface area contributed by atoms with Crippen LogP contribution in [-0.2, 0) is 4.79 Å². The predicted molar refractivity (Wildman–Crippen MR) is 141 cm³/mol. The number of rotatable bonds is 9. The van der Waals surface area contributed by atoms with Crippen LogP contribution in [0.2, 0.25) is 5.02 Å². The minimum atomic E-state index is -0.372. The molecule has 3 rings (SSSR count). The van der Waals surface area contributed by atoms with Crippen LogP contribution in [-0.4, -0.2) is 38.4 Å². The topological polar surface area (TPSA) is 85.9 Å². The molecule has 0 aliphatic carbocycles. The molecule has 0 saturated carbocycles. The van der Waals surface area contributed by atoms with Crippen LogP contribution in [0.25, 0.3) is 0 Å².